The van der Waals surface area contributed by atoms with E-state index < -0.39 is 16.1 Å². The van der Waals surface area contributed by atoms with Gasteiger partial charge in [0.1, 0.15) is 5.75 Å². The van der Waals surface area contributed by atoms with Crippen LogP contribution < -0.4 is 15.4 Å². The van der Waals surface area contributed by atoms with Gasteiger partial charge in [0, 0.05) is 45.6 Å². The summed E-state index contributed by atoms with van der Waals surface area (Å²) in [5.74, 6) is -0.110. The highest BCUT2D eigenvalue weighted by Crippen LogP contribution is 2.25. The molecule has 0 spiro atoms. The second-order valence-corrected chi connectivity index (χ2v) is 9.31. The molecule has 3 rings (SSSR count). The predicted molar refractivity (Wildman–Crippen MR) is 108 cm³/mol. The molecule has 30 heavy (non-hydrogen) atoms. The minimum absolute atomic E-state index is 0.00216. The maximum absolute atomic E-state index is 12.6. The van der Waals surface area contributed by atoms with Gasteiger partial charge in [-0.15, -0.1) is 0 Å². The van der Waals surface area contributed by atoms with Crippen molar-refractivity contribution in [3.05, 3.63) is 29.3 Å². The third-order valence-corrected chi connectivity index (χ3v) is 7.04. The molecule has 1 fully saturated rings. The number of imide groups is 1. The SMILES string of the molecule is COc1ccc2c(c1)CCN(S(=O)(=O)CCNC(=O)CCN1CCC(=O)NC1=O)C2. The van der Waals surface area contributed by atoms with E-state index in [1.807, 2.05) is 18.2 Å². The number of methoxy groups -OCH3 is 1. The molecule has 0 aliphatic carbocycles. The normalized spacial score (nSPS) is 17.3. The van der Waals surface area contributed by atoms with Gasteiger partial charge in [0.25, 0.3) is 0 Å². The van der Waals surface area contributed by atoms with Gasteiger partial charge in [-0.2, -0.15) is 4.31 Å². The lowest BCUT2D eigenvalue weighted by Crippen LogP contribution is -2.50. The third-order valence-electron chi connectivity index (χ3n) is 5.22. The summed E-state index contributed by atoms with van der Waals surface area (Å²) in [6.45, 7) is 1.13. The monoisotopic (exact) mass is 438 g/mol. The molecule has 2 N–H and O–H groups in total. The number of urea groups is 1. The molecule has 1 aromatic carbocycles. The van der Waals surface area contributed by atoms with Crippen molar-refractivity contribution in [2.45, 2.75) is 25.8 Å². The Morgan fingerprint density at radius 2 is 2.00 bits per heavy atom. The summed E-state index contributed by atoms with van der Waals surface area (Å²) in [4.78, 5) is 36.1. The Balaban J connectivity index is 1.43. The molecule has 0 aromatic heterocycles. The average molecular weight is 439 g/mol. The van der Waals surface area contributed by atoms with Crippen molar-refractivity contribution in [2.75, 3.05) is 39.0 Å². The smallest absolute Gasteiger partial charge is 0.324 e. The van der Waals surface area contributed by atoms with Gasteiger partial charge in [0.05, 0.1) is 12.9 Å². The fourth-order valence-corrected chi connectivity index (χ4v) is 4.78. The van der Waals surface area contributed by atoms with Crippen molar-refractivity contribution in [1.29, 1.82) is 0 Å². The maximum atomic E-state index is 12.6. The predicted octanol–water partition coefficient (Wildman–Crippen LogP) is -0.169. The van der Waals surface area contributed by atoms with Crippen molar-refractivity contribution in [2.24, 2.45) is 0 Å². The van der Waals surface area contributed by atoms with Gasteiger partial charge >= 0.3 is 6.03 Å². The summed E-state index contributed by atoms with van der Waals surface area (Å²) < 4.78 is 31.9. The van der Waals surface area contributed by atoms with Crippen molar-refractivity contribution < 1.29 is 27.5 Å². The van der Waals surface area contributed by atoms with Gasteiger partial charge < -0.3 is 15.0 Å². The van der Waals surface area contributed by atoms with Crippen molar-refractivity contribution in [3.63, 3.8) is 0 Å². The molecule has 2 heterocycles. The fraction of sp³-hybridized carbons (Fsp3) is 0.526. The van der Waals surface area contributed by atoms with Crippen LogP contribution in [0.15, 0.2) is 18.2 Å². The van der Waals surface area contributed by atoms with Crippen LogP contribution in [0.25, 0.3) is 0 Å². The van der Waals surface area contributed by atoms with E-state index in [4.69, 9.17) is 4.74 Å². The third kappa shape index (κ3) is 5.48. The number of amides is 4. The maximum Gasteiger partial charge on any atom is 0.324 e. The minimum Gasteiger partial charge on any atom is -0.497 e. The Morgan fingerprint density at radius 3 is 2.73 bits per heavy atom. The highest BCUT2D eigenvalue weighted by atomic mass is 32.2. The van der Waals surface area contributed by atoms with Crippen molar-refractivity contribution in [1.82, 2.24) is 19.8 Å². The number of fused-ring (bicyclic) bond motifs is 1. The van der Waals surface area contributed by atoms with Crippen molar-refractivity contribution in [3.8, 4) is 5.75 Å². The summed E-state index contributed by atoms with van der Waals surface area (Å²) in [6, 6.07) is 5.11. The number of carbonyl (C=O) groups excluding carboxylic acids is 3. The zero-order valence-corrected chi connectivity index (χ0v) is 17.7. The van der Waals surface area contributed by atoms with Gasteiger partial charge in [-0.25, -0.2) is 13.2 Å². The first-order chi connectivity index (χ1) is 14.3. The molecule has 11 heteroatoms. The molecule has 0 atom stereocenters. The van der Waals surface area contributed by atoms with E-state index in [0.29, 0.717) is 19.5 Å². The van der Waals surface area contributed by atoms with Crippen molar-refractivity contribution >= 4 is 27.9 Å². The topological polar surface area (TPSA) is 125 Å². The summed E-state index contributed by atoms with van der Waals surface area (Å²) in [6.07, 6.45) is 0.858. The van der Waals surface area contributed by atoms with E-state index in [-0.39, 0.29) is 50.0 Å². The second-order valence-electron chi connectivity index (χ2n) is 7.22. The van der Waals surface area contributed by atoms with Gasteiger partial charge in [0.15, 0.2) is 0 Å². The lowest BCUT2D eigenvalue weighted by Gasteiger charge is -2.28. The number of rotatable bonds is 8. The van der Waals surface area contributed by atoms with Crippen LogP contribution in [0.5, 0.6) is 5.75 Å². The first-order valence-electron chi connectivity index (χ1n) is 9.77. The van der Waals surface area contributed by atoms with E-state index in [1.165, 1.54) is 9.21 Å². The van der Waals surface area contributed by atoms with E-state index >= 15 is 0 Å². The van der Waals surface area contributed by atoms with E-state index in [9.17, 15) is 22.8 Å². The lowest BCUT2D eigenvalue weighted by atomic mass is 10.0. The lowest BCUT2D eigenvalue weighted by molar-refractivity contribution is -0.121. The number of nitrogens with zero attached hydrogens (tertiary/aromatic N) is 2. The summed E-state index contributed by atoms with van der Waals surface area (Å²) in [5.41, 5.74) is 2.03. The van der Waals surface area contributed by atoms with Crippen LogP contribution in [0, 0.1) is 0 Å². The zero-order valence-electron chi connectivity index (χ0n) is 16.8. The summed E-state index contributed by atoms with van der Waals surface area (Å²) >= 11 is 0. The molecule has 2 aliphatic heterocycles. The second kappa shape index (κ2) is 9.43. The Hall–Kier alpha value is -2.66. The quantitative estimate of drug-likeness (QED) is 0.581. The highest BCUT2D eigenvalue weighted by Gasteiger charge is 2.27. The molecule has 4 amide bonds. The number of nitrogens with one attached hydrogen (secondary N) is 2. The molecule has 2 aliphatic rings. The van der Waals surface area contributed by atoms with E-state index in [0.717, 1.165) is 16.9 Å². The zero-order chi connectivity index (χ0) is 21.7. The number of benzene rings is 1. The van der Waals surface area contributed by atoms with Gasteiger partial charge in [0.2, 0.25) is 21.8 Å². The molecule has 0 saturated carbocycles. The minimum atomic E-state index is -3.51. The standard InChI is InChI=1S/C19H26N4O6S/c1-29-16-3-2-15-13-23(10-4-14(15)12-16)30(27,28)11-7-20-17(24)5-8-22-9-6-18(25)21-19(22)26/h2-3,12H,4-11,13H2,1H3,(H,20,24)(H,21,25,26). The van der Waals surface area contributed by atoms with Crippen LogP contribution in [0.2, 0.25) is 0 Å². The van der Waals surface area contributed by atoms with Gasteiger partial charge in [-0.1, -0.05) is 6.07 Å². The number of ether oxygens (including phenoxy) is 1. The largest absolute Gasteiger partial charge is 0.497 e. The van der Waals surface area contributed by atoms with Gasteiger partial charge in [-0.3, -0.25) is 14.9 Å². The molecular weight excluding hydrogens is 412 g/mol. The van der Waals surface area contributed by atoms with Gasteiger partial charge in [-0.05, 0) is 29.7 Å². The first kappa shape index (κ1) is 22.0. The fourth-order valence-electron chi connectivity index (χ4n) is 3.45. The van der Waals surface area contributed by atoms with Crippen LogP contribution in [0.3, 0.4) is 0 Å². The molecule has 1 aromatic rings. The molecule has 0 unspecified atom stereocenters. The van der Waals surface area contributed by atoms with E-state index in [1.54, 1.807) is 7.11 Å². The molecule has 164 valence electrons. The Labute approximate surface area is 175 Å². The summed E-state index contributed by atoms with van der Waals surface area (Å²) in [7, 11) is -1.92. The molecule has 10 nitrogen and oxygen atoms in total. The first-order valence-corrected chi connectivity index (χ1v) is 11.4. The van der Waals surface area contributed by atoms with Crippen LogP contribution >= 0.6 is 0 Å². The average Bonchev–Trinajstić information content (AvgIpc) is 2.72. The van der Waals surface area contributed by atoms with E-state index in [2.05, 4.69) is 10.6 Å². The van der Waals surface area contributed by atoms with Crippen LogP contribution in [-0.4, -0.2) is 74.5 Å². The molecular formula is C19H26N4O6S. The summed E-state index contributed by atoms with van der Waals surface area (Å²) in [5, 5.41) is 4.78. The molecule has 0 radical (unpaired) electrons. The Kier molecular flexibility index (Phi) is 6.93. The molecule has 1 saturated heterocycles. The van der Waals surface area contributed by atoms with Crippen LogP contribution in [0.4, 0.5) is 4.79 Å². The Morgan fingerprint density at radius 1 is 1.20 bits per heavy atom. The van der Waals surface area contributed by atoms with Crippen LogP contribution in [-0.2, 0) is 32.6 Å². The number of carbonyl (C=O) groups is 3. The Bertz CT molecular complexity index is 933. The van der Waals surface area contributed by atoms with Crippen LogP contribution in [0.1, 0.15) is 24.0 Å². The highest BCUT2D eigenvalue weighted by molar-refractivity contribution is 7.89. The molecule has 0 bridgehead atoms. The number of sulfonamides is 1. The number of hydrogen-bond acceptors (Lipinski definition) is 6. The number of hydrogen-bond donors (Lipinski definition) is 2.